The van der Waals surface area contributed by atoms with Crippen LogP contribution in [-0.4, -0.2) is 23.3 Å². The monoisotopic (exact) mass is 243 g/mol. The van der Waals surface area contributed by atoms with E-state index in [9.17, 15) is 4.79 Å². The van der Waals surface area contributed by atoms with Crippen LogP contribution in [0.4, 0.5) is 0 Å². The molecule has 0 radical (unpaired) electrons. The van der Waals surface area contributed by atoms with Gasteiger partial charge >= 0.3 is 0 Å². The van der Waals surface area contributed by atoms with Crippen molar-refractivity contribution in [3.05, 3.63) is 48.6 Å². The van der Waals surface area contributed by atoms with Crippen LogP contribution in [0.2, 0.25) is 0 Å². The standard InChI is InChI=1S/C16H21NO/c1-2-10-16(14-18)11-6-7-12-17(16)13-15-8-4-3-5-9-15/h2-5,8-9,14H,1,6-7,10-13H2/t16-/m0/s1. The third-order valence-electron chi connectivity index (χ3n) is 3.85. The topological polar surface area (TPSA) is 20.3 Å². The van der Waals surface area contributed by atoms with Crippen LogP contribution in [0.5, 0.6) is 0 Å². The van der Waals surface area contributed by atoms with E-state index in [0.717, 1.165) is 38.6 Å². The average Bonchev–Trinajstić information content (AvgIpc) is 2.42. The first-order chi connectivity index (χ1) is 8.80. The van der Waals surface area contributed by atoms with E-state index < -0.39 is 0 Å². The van der Waals surface area contributed by atoms with Crippen molar-refractivity contribution in [1.82, 2.24) is 4.90 Å². The molecular weight excluding hydrogens is 222 g/mol. The molecule has 2 nitrogen and oxygen atoms in total. The van der Waals surface area contributed by atoms with E-state index >= 15 is 0 Å². The molecule has 96 valence electrons. The summed E-state index contributed by atoms with van der Waals surface area (Å²) in [5.74, 6) is 0. The summed E-state index contributed by atoms with van der Waals surface area (Å²) in [6.07, 6.45) is 7.03. The zero-order valence-corrected chi connectivity index (χ0v) is 10.8. The summed E-state index contributed by atoms with van der Waals surface area (Å²) >= 11 is 0. The van der Waals surface area contributed by atoms with Gasteiger partial charge in [-0.3, -0.25) is 4.90 Å². The molecule has 1 fully saturated rings. The smallest absolute Gasteiger partial charge is 0.140 e. The van der Waals surface area contributed by atoms with Crippen molar-refractivity contribution in [3.8, 4) is 0 Å². The van der Waals surface area contributed by atoms with Gasteiger partial charge in [-0.15, -0.1) is 6.58 Å². The van der Waals surface area contributed by atoms with Crippen molar-refractivity contribution >= 4 is 6.29 Å². The number of hydrogen-bond acceptors (Lipinski definition) is 2. The Bertz CT molecular complexity index is 401. The Morgan fingerprint density at radius 2 is 2.06 bits per heavy atom. The lowest BCUT2D eigenvalue weighted by molar-refractivity contribution is -0.121. The molecule has 1 atom stereocenters. The van der Waals surface area contributed by atoms with Crippen molar-refractivity contribution in [1.29, 1.82) is 0 Å². The lowest BCUT2D eigenvalue weighted by Crippen LogP contribution is -2.52. The predicted molar refractivity (Wildman–Crippen MR) is 74.3 cm³/mol. The van der Waals surface area contributed by atoms with E-state index in [1.165, 1.54) is 12.0 Å². The first-order valence-electron chi connectivity index (χ1n) is 6.67. The van der Waals surface area contributed by atoms with Crippen molar-refractivity contribution in [3.63, 3.8) is 0 Å². The Kier molecular flexibility index (Phi) is 4.32. The summed E-state index contributed by atoms with van der Waals surface area (Å²) < 4.78 is 0. The van der Waals surface area contributed by atoms with E-state index in [1.54, 1.807) is 0 Å². The number of hydrogen-bond donors (Lipinski definition) is 0. The molecule has 1 aromatic carbocycles. The first-order valence-corrected chi connectivity index (χ1v) is 6.67. The molecule has 2 rings (SSSR count). The molecule has 0 bridgehead atoms. The number of nitrogens with zero attached hydrogens (tertiary/aromatic N) is 1. The van der Waals surface area contributed by atoms with Gasteiger partial charge in [0.05, 0.1) is 5.54 Å². The number of benzene rings is 1. The molecule has 1 aromatic rings. The summed E-state index contributed by atoms with van der Waals surface area (Å²) in [6, 6.07) is 10.4. The maximum absolute atomic E-state index is 11.6. The summed E-state index contributed by atoms with van der Waals surface area (Å²) in [4.78, 5) is 13.9. The molecule has 1 aliphatic heterocycles. The van der Waals surface area contributed by atoms with E-state index in [0.29, 0.717) is 0 Å². The molecule has 0 unspecified atom stereocenters. The molecule has 0 aromatic heterocycles. The highest BCUT2D eigenvalue weighted by atomic mass is 16.1. The molecule has 0 spiro atoms. The molecule has 18 heavy (non-hydrogen) atoms. The summed E-state index contributed by atoms with van der Waals surface area (Å²) in [5.41, 5.74) is 0.949. The van der Waals surface area contributed by atoms with Gasteiger partial charge in [-0.25, -0.2) is 0 Å². The maximum Gasteiger partial charge on any atom is 0.140 e. The highest BCUT2D eigenvalue weighted by Gasteiger charge is 2.37. The SMILES string of the molecule is C=CC[C@@]1(C=O)CCCCN1Cc1ccccc1. The molecule has 1 aliphatic rings. The zero-order valence-electron chi connectivity index (χ0n) is 10.8. The molecule has 1 heterocycles. The molecule has 0 saturated carbocycles. The van der Waals surface area contributed by atoms with Crippen molar-refractivity contribution in [2.45, 2.75) is 37.8 Å². The van der Waals surface area contributed by atoms with Crippen LogP contribution in [0, 0.1) is 0 Å². The van der Waals surface area contributed by atoms with Gasteiger partial charge in [0.2, 0.25) is 0 Å². The quantitative estimate of drug-likeness (QED) is 0.585. The van der Waals surface area contributed by atoms with E-state index in [1.807, 2.05) is 12.1 Å². The number of rotatable bonds is 5. The number of aldehydes is 1. The second kappa shape index (κ2) is 5.96. The van der Waals surface area contributed by atoms with Crippen molar-refractivity contribution in [2.75, 3.05) is 6.54 Å². The second-order valence-corrected chi connectivity index (χ2v) is 5.08. The van der Waals surface area contributed by atoms with Crippen LogP contribution < -0.4 is 0 Å². The minimum Gasteiger partial charge on any atom is -0.301 e. The van der Waals surface area contributed by atoms with Gasteiger partial charge < -0.3 is 4.79 Å². The van der Waals surface area contributed by atoms with Crippen LogP contribution >= 0.6 is 0 Å². The average molecular weight is 243 g/mol. The fourth-order valence-corrected chi connectivity index (χ4v) is 2.82. The Labute approximate surface area is 109 Å². The van der Waals surface area contributed by atoms with Gasteiger partial charge in [-0.05, 0) is 37.8 Å². The lowest BCUT2D eigenvalue weighted by Gasteiger charge is -2.43. The van der Waals surface area contributed by atoms with Crippen LogP contribution in [0.3, 0.4) is 0 Å². The van der Waals surface area contributed by atoms with E-state index in [4.69, 9.17) is 0 Å². The van der Waals surface area contributed by atoms with Gasteiger partial charge in [0.25, 0.3) is 0 Å². The van der Waals surface area contributed by atoms with E-state index in [2.05, 4.69) is 35.7 Å². The van der Waals surface area contributed by atoms with E-state index in [-0.39, 0.29) is 5.54 Å². The summed E-state index contributed by atoms with van der Waals surface area (Å²) in [6.45, 7) is 5.66. The van der Waals surface area contributed by atoms with Gasteiger partial charge in [0.15, 0.2) is 0 Å². The first kappa shape index (κ1) is 13.0. The lowest BCUT2D eigenvalue weighted by atomic mass is 9.84. The maximum atomic E-state index is 11.6. The normalized spacial score (nSPS) is 24.7. The van der Waals surface area contributed by atoms with Gasteiger partial charge in [0, 0.05) is 6.54 Å². The molecule has 0 amide bonds. The van der Waals surface area contributed by atoms with Gasteiger partial charge in [-0.2, -0.15) is 0 Å². The van der Waals surface area contributed by atoms with Crippen LogP contribution in [-0.2, 0) is 11.3 Å². The zero-order chi connectivity index (χ0) is 12.8. The second-order valence-electron chi connectivity index (χ2n) is 5.08. The van der Waals surface area contributed by atoms with Crippen LogP contribution in [0.15, 0.2) is 43.0 Å². The number of likely N-dealkylation sites (tertiary alicyclic amines) is 1. The fourth-order valence-electron chi connectivity index (χ4n) is 2.82. The molecular formula is C16H21NO. The third kappa shape index (κ3) is 2.70. The highest BCUT2D eigenvalue weighted by Crippen LogP contribution is 2.31. The Morgan fingerprint density at radius 1 is 1.28 bits per heavy atom. The van der Waals surface area contributed by atoms with Crippen LogP contribution in [0.25, 0.3) is 0 Å². The number of piperidine rings is 1. The van der Waals surface area contributed by atoms with Crippen molar-refractivity contribution in [2.24, 2.45) is 0 Å². The molecule has 1 saturated heterocycles. The molecule has 2 heteroatoms. The fraction of sp³-hybridized carbons (Fsp3) is 0.438. The number of carbonyl (C=O) groups excluding carboxylic acids is 1. The third-order valence-corrected chi connectivity index (χ3v) is 3.85. The molecule has 0 aliphatic carbocycles. The van der Waals surface area contributed by atoms with Gasteiger partial charge in [0.1, 0.15) is 6.29 Å². The Morgan fingerprint density at radius 3 is 2.72 bits per heavy atom. The van der Waals surface area contributed by atoms with Crippen LogP contribution in [0.1, 0.15) is 31.2 Å². The highest BCUT2D eigenvalue weighted by molar-refractivity contribution is 5.65. The minimum absolute atomic E-state index is 0.324. The largest absolute Gasteiger partial charge is 0.301 e. The number of carbonyl (C=O) groups is 1. The van der Waals surface area contributed by atoms with Gasteiger partial charge in [-0.1, -0.05) is 36.4 Å². The Balaban J connectivity index is 2.17. The summed E-state index contributed by atoms with van der Waals surface area (Å²) in [5, 5.41) is 0. The molecule has 0 N–H and O–H groups in total. The summed E-state index contributed by atoms with van der Waals surface area (Å²) in [7, 11) is 0. The minimum atomic E-state index is -0.324. The Hall–Kier alpha value is -1.41. The van der Waals surface area contributed by atoms with Crippen molar-refractivity contribution < 1.29 is 4.79 Å². The predicted octanol–water partition coefficient (Wildman–Crippen LogP) is 3.19.